The largest absolute Gasteiger partial charge is 0.457 e. The highest BCUT2D eigenvalue weighted by Crippen LogP contribution is 2.47. The zero-order valence-corrected chi connectivity index (χ0v) is 15.0. The van der Waals surface area contributed by atoms with Crippen LogP contribution in [-0.4, -0.2) is 18.0 Å². The quantitative estimate of drug-likeness (QED) is 0.751. The molecule has 2 aromatic rings. The lowest BCUT2D eigenvalue weighted by molar-refractivity contribution is -0.176. The topological polar surface area (TPSA) is 52.6 Å². The van der Waals surface area contributed by atoms with Crippen molar-refractivity contribution in [2.24, 2.45) is 0 Å². The predicted octanol–water partition coefficient (Wildman–Crippen LogP) is 3.74. The maximum atomic E-state index is 11.9. The van der Waals surface area contributed by atoms with Gasteiger partial charge in [-0.1, -0.05) is 52.3 Å². The fourth-order valence-electron chi connectivity index (χ4n) is 3.37. The summed E-state index contributed by atoms with van der Waals surface area (Å²) in [5.41, 5.74) is 1.48. The van der Waals surface area contributed by atoms with Gasteiger partial charge in [0.25, 0.3) is 0 Å². The number of fused-ring (bicyclic) bond motifs is 1. The second-order valence-electron chi connectivity index (χ2n) is 5.80. The molecule has 0 aliphatic heterocycles. The fraction of sp³-hybridized carbons (Fsp3) is 0.263. The third kappa shape index (κ3) is 2.84. The van der Waals surface area contributed by atoms with Gasteiger partial charge in [-0.25, -0.2) is 0 Å². The van der Waals surface area contributed by atoms with Gasteiger partial charge in [-0.05, 0) is 17.7 Å². The van der Waals surface area contributed by atoms with Crippen LogP contribution in [0.15, 0.2) is 53.0 Å². The van der Waals surface area contributed by atoms with Crippen molar-refractivity contribution < 1.29 is 19.1 Å². The maximum absolute atomic E-state index is 11.9. The number of hydrogen-bond donors (Lipinski definition) is 0. The molecule has 1 aliphatic carbocycles. The van der Waals surface area contributed by atoms with Crippen molar-refractivity contribution in [3.8, 4) is 0 Å². The van der Waals surface area contributed by atoms with Crippen molar-refractivity contribution in [3.05, 3.63) is 69.7 Å². The molecule has 0 spiro atoms. The standard InChI is InChI=1S/C19H17BrO4/c1-12(21)23-18-10-14-6-3-4-9-17(14)19(18,24-13(2)22)15-7-5-8-16(20)11-15/h3-9,11,18H,10H2,1-2H3/t18-,19+/m0/s1. The van der Waals surface area contributed by atoms with Crippen LogP contribution in [-0.2, 0) is 31.1 Å². The zero-order chi connectivity index (χ0) is 17.3. The van der Waals surface area contributed by atoms with E-state index >= 15 is 0 Å². The molecule has 0 saturated heterocycles. The second kappa shape index (κ2) is 6.40. The number of ether oxygens (including phenoxy) is 2. The molecule has 4 nitrogen and oxygen atoms in total. The van der Waals surface area contributed by atoms with Gasteiger partial charge >= 0.3 is 11.9 Å². The Labute approximate surface area is 148 Å². The van der Waals surface area contributed by atoms with Gasteiger partial charge in [-0.3, -0.25) is 9.59 Å². The molecule has 0 fully saturated rings. The first-order valence-electron chi connectivity index (χ1n) is 7.64. The Morgan fingerprint density at radius 3 is 2.50 bits per heavy atom. The molecule has 3 rings (SSSR count). The first-order chi connectivity index (χ1) is 11.4. The van der Waals surface area contributed by atoms with Crippen LogP contribution >= 0.6 is 15.9 Å². The molecule has 0 unspecified atom stereocenters. The molecule has 0 amide bonds. The lowest BCUT2D eigenvalue weighted by Crippen LogP contribution is -2.43. The Morgan fingerprint density at radius 1 is 1.08 bits per heavy atom. The first-order valence-corrected chi connectivity index (χ1v) is 8.44. The van der Waals surface area contributed by atoms with Crippen LogP contribution in [0.3, 0.4) is 0 Å². The van der Waals surface area contributed by atoms with Crippen LogP contribution in [0.4, 0.5) is 0 Å². The summed E-state index contributed by atoms with van der Waals surface area (Å²) in [5, 5.41) is 0. The lowest BCUT2D eigenvalue weighted by Gasteiger charge is -2.35. The molecule has 1 aliphatic rings. The van der Waals surface area contributed by atoms with Crippen molar-refractivity contribution in [2.75, 3.05) is 0 Å². The number of rotatable bonds is 3. The van der Waals surface area contributed by atoms with Crippen molar-refractivity contribution >= 4 is 27.9 Å². The molecule has 0 saturated carbocycles. The van der Waals surface area contributed by atoms with Crippen LogP contribution in [0.1, 0.15) is 30.5 Å². The van der Waals surface area contributed by atoms with Gasteiger partial charge in [0, 0.05) is 35.9 Å². The molecule has 0 radical (unpaired) electrons. The average Bonchev–Trinajstić information content (AvgIpc) is 2.81. The van der Waals surface area contributed by atoms with E-state index in [2.05, 4.69) is 15.9 Å². The van der Waals surface area contributed by atoms with Gasteiger partial charge in [-0.2, -0.15) is 0 Å². The van der Waals surface area contributed by atoms with Crippen LogP contribution in [0.25, 0.3) is 0 Å². The van der Waals surface area contributed by atoms with Crippen molar-refractivity contribution in [1.82, 2.24) is 0 Å². The zero-order valence-electron chi connectivity index (χ0n) is 13.4. The van der Waals surface area contributed by atoms with E-state index in [1.807, 2.05) is 48.5 Å². The average molecular weight is 389 g/mol. The summed E-state index contributed by atoms with van der Waals surface area (Å²) in [6.07, 6.45) is -0.110. The highest BCUT2D eigenvalue weighted by molar-refractivity contribution is 9.10. The number of hydrogen-bond acceptors (Lipinski definition) is 4. The van der Waals surface area contributed by atoms with Crippen LogP contribution < -0.4 is 0 Å². The number of halogens is 1. The molecule has 0 heterocycles. The Hall–Kier alpha value is -2.14. The highest BCUT2D eigenvalue weighted by Gasteiger charge is 2.53. The van der Waals surface area contributed by atoms with Crippen molar-refractivity contribution in [1.29, 1.82) is 0 Å². The fourth-order valence-corrected chi connectivity index (χ4v) is 3.77. The summed E-state index contributed by atoms with van der Waals surface area (Å²) >= 11 is 3.46. The van der Waals surface area contributed by atoms with E-state index < -0.39 is 23.6 Å². The monoisotopic (exact) mass is 388 g/mol. The summed E-state index contributed by atoms with van der Waals surface area (Å²) in [6.45, 7) is 2.73. The van der Waals surface area contributed by atoms with Crippen molar-refractivity contribution in [2.45, 2.75) is 32.0 Å². The Balaban J connectivity index is 2.26. The molecule has 2 atom stereocenters. The van der Waals surface area contributed by atoms with Crippen molar-refractivity contribution in [3.63, 3.8) is 0 Å². The molecule has 2 aromatic carbocycles. The van der Waals surface area contributed by atoms with E-state index in [1.165, 1.54) is 13.8 Å². The molecule has 0 bridgehead atoms. The normalized spacial score (nSPS) is 21.9. The van der Waals surface area contributed by atoms with E-state index in [1.54, 1.807) is 0 Å². The van der Waals surface area contributed by atoms with Gasteiger partial charge in [0.05, 0.1) is 0 Å². The summed E-state index contributed by atoms with van der Waals surface area (Å²) in [5.74, 6) is -0.830. The predicted molar refractivity (Wildman–Crippen MR) is 92.4 cm³/mol. The molecular formula is C19H17BrO4. The minimum Gasteiger partial charge on any atom is -0.457 e. The van der Waals surface area contributed by atoms with Gasteiger partial charge < -0.3 is 9.47 Å². The highest BCUT2D eigenvalue weighted by atomic mass is 79.9. The van der Waals surface area contributed by atoms with Crippen LogP contribution in [0.2, 0.25) is 0 Å². The number of benzene rings is 2. The minimum absolute atomic E-state index is 0.403. The SMILES string of the molecule is CC(=O)O[C@H]1Cc2ccccc2[C@]1(OC(C)=O)c1cccc(Br)c1. The summed E-state index contributed by atoms with van der Waals surface area (Å²) in [7, 11) is 0. The molecule has 124 valence electrons. The molecule has 0 N–H and O–H groups in total. The van der Waals surface area contributed by atoms with Gasteiger partial charge in [0.1, 0.15) is 0 Å². The smallest absolute Gasteiger partial charge is 0.304 e. The maximum Gasteiger partial charge on any atom is 0.304 e. The van der Waals surface area contributed by atoms with Gasteiger partial charge in [0.2, 0.25) is 0 Å². The van der Waals surface area contributed by atoms with Crippen LogP contribution in [0, 0.1) is 0 Å². The number of carbonyl (C=O) groups excluding carboxylic acids is 2. The van der Waals surface area contributed by atoms with E-state index in [-0.39, 0.29) is 0 Å². The summed E-state index contributed by atoms with van der Waals surface area (Å²) in [4.78, 5) is 23.6. The Morgan fingerprint density at radius 2 is 1.83 bits per heavy atom. The van der Waals surface area contributed by atoms with E-state index in [0.717, 1.165) is 21.2 Å². The lowest BCUT2D eigenvalue weighted by atomic mass is 9.85. The van der Waals surface area contributed by atoms with E-state index in [4.69, 9.17) is 9.47 Å². The summed E-state index contributed by atoms with van der Waals surface area (Å²) < 4.78 is 12.3. The van der Waals surface area contributed by atoms with E-state index in [0.29, 0.717) is 6.42 Å². The van der Waals surface area contributed by atoms with E-state index in [9.17, 15) is 9.59 Å². The van der Waals surface area contributed by atoms with Crippen LogP contribution in [0.5, 0.6) is 0 Å². The number of esters is 2. The minimum atomic E-state index is -1.14. The Bertz CT molecular complexity index is 801. The Kier molecular flexibility index (Phi) is 4.45. The molecular weight excluding hydrogens is 372 g/mol. The third-order valence-electron chi connectivity index (χ3n) is 4.14. The number of carbonyl (C=O) groups is 2. The summed E-state index contributed by atoms with van der Waals surface area (Å²) in [6, 6.07) is 15.2. The second-order valence-corrected chi connectivity index (χ2v) is 6.71. The molecule has 5 heteroatoms. The molecule has 0 aromatic heterocycles. The molecule has 24 heavy (non-hydrogen) atoms. The third-order valence-corrected chi connectivity index (χ3v) is 4.64. The first kappa shape index (κ1) is 16.7. The van der Waals surface area contributed by atoms with Gasteiger partial charge in [-0.15, -0.1) is 0 Å². The van der Waals surface area contributed by atoms with Gasteiger partial charge in [0.15, 0.2) is 11.7 Å².